The molecule has 2 rings (SSSR count). The maximum absolute atomic E-state index is 12.5. The minimum absolute atomic E-state index is 0.0875. The summed E-state index contributed by atoms with van der Waals surface area (Å²) in [6, 6.07) is 1.89. The topological polar surface area (TPSA) is 34.5 Å². The molecule has 0 aliphatic carbocycles. The van der Waals surface area contributed by atoms with Crippen LogP contribution in [0.4, 0.5) is 0 Å². The van der Waals surface area contributed by atoms with Crippen molar-refractivity contribution in [2.24, 2.45) is 0 Å². The van der Waals surface area contributed by atoms with E-state index in [4.69, 9.17) is 4.74 Å². The van der Waals surface area contributed by atoms with Gasteiger partial charge in [0.25, 0.3) is 5.91 Å². The van der Waals surface area contributed by atoms with Gasteiger partial charge in [-0.25, -0.2) is 0 Å². The Balaban J connectivity index is 2.19. The fourth-order valence-electron chi connectivity index (χ4n) is 2.42. The number of aryl methyl sites for hydroxylation is 1. The van der Waals surface area contributed by atoms with Gasteiger partial charge in [-0.1, -0.05) is 0 Å². The van der Waals surface area contributed by atoms with Gasteiger partial charge in [0.05, 0.1) is 12.2 Å². The van der Waals surface area contributed by atoms with Crippen LogP contribution in [0.5, 0.6) is 0 Å². The zero-order valence-corrected chi connectivity index (χ0v) is 12.6. The van der Waals surface area contributed by atoms with Crippen molar-refractivity contribution in [3.05, 3.63) is 22.4 Å². The first kappa shape index (κ1) is 13.6. The quantitative estimate of drug-likeness (QED) is 0.840. The molecule has 0 radical (unpaired) electrons. The molecule has 5 heteroatoms. The molecule has 1 aromatic heterocycles. The van der Waals surface area contributed by atoms with Crippen molar-refractivity contribution in [3.63, 3.8) is 0 Å². The minimum Gasteiger partial charge on any atom is -0.372 e. The predicted octanol–water partition coefficient (Wildman–Crippen LogP) is 2.52. The molecule has 1 fully saturated rings. The van der Waals surface area contributed by atoms with Gasteiger partial charge in [-0.15, -0.1) is 0 Å². The summed E-state index contributed by atoms with van der Waals surface area (Å²) in [6.07, 6.45) is 2.15. The molecule has 100 valence electrons. The maximum Gasteiger partial charge on any atom is 0.270 e. The number of nitrogens with zero attached hydrogens (tertiary/aromatic N) is 2. The molecule has 0 saturated carbocycles. The summed E-state index contributed by atoms with van der Waals surface area (Å²) >= 11 is 3.42. The molecule has 1 aliphatic rings. The molecule has 0 aromatic carbocycles. The van der Waals surface area contributed by atoms with Gasteiger partial charge in [-0.3, -0.25) is 4.79 Å². The van der Waals surface area contributed by atoms with Crippen LogP contribution in [-0.2, 0) is 11.3 Å². The number of rotatable bonds is 2. The van der Waals surface area contributed by atoms with Gasteiger partial charge in [0.15, 0.2) is 0 Å². The first-order chi connectivity index (χ1) is 8.51. The largest absolute Gasteiger partial charge is 0.372 e. The van der Waals surface area contributed by atoms with E-state index in [2.05, 4.69) is 15.9 Å². The molecular weight excluding hydrogens is 296 g/mol. The second kappa shape index (κ2) is 5.45. The van der Waals surface area contributed by atoms with E-state index in [1.807, 2.05) is 42.5 Å². The first-order valence-electron chi connectivity index (χ1n) is 6.31. The molecule has 1 amide bonds. The van der Waals surface area contributed by atoms with Crippen molar-refractivity contribution in [3.8, 4) is 0 Å². The summed E-state index contributed by atoms with van der Waals surface area (Å²) in [6.45, 7) is 8.16. The Morgan fingerprint density at radius 1 is 1.44 bits per heavy atom. The van der Waals surface area contributed by atoms with E-state index in [9.17, 15) is 4.79 Å². The normalized spacial score (nSPS) is 24.3. The molecule has 2 atom stereocenters. The van der Waals surface area contributed by atoms with E-state index in [1.54, 1.807) is 0 Å². The molecule has 1 aliphatic heterocycles. The van der Waals surface area contributed by atoms with Crippen molar-refractivity contribution >= 4 is 21.8 Å². The number of carbonyl (C=O) groups is 1. The van der Waals surface area contributed by atoms with Crippen LogP contribution in [0.15, 0.2) is 16.7 Å². The van der Waals surface area contributed by atoms with Crippen molar-refractivity contribution in [2.75, 3.05) is 13.1 Å². The van der Waals surface area contributed by atoms with Gasteiger partial charge in [0, 0.05) is 30.3 Å². The molecule has 2 unspecified atom stereocenters. The minimum atomic E-state index is 0.0875. The maximum atomic E-state index is 12.5. The van der Waals surface area contributed by atoms with Gasteiger partial charge in [0.1, 0.15) is 5.69 Å². The van der Waals surface area contributed by atoms with E-state index in [1.165, 1.54) is 0 Å². The lowest BCUT2D eigenvalue weighted by Crippen LogP contribution is -2.48. The second-order valence-electron chi connectivity index (χ2n) is 4.80. The third-order valence-corrected chi connectivity index (χ3v) is 3.56. The molecule has 4 nitrogen and oxygen atoms in total. The molecule has 1 aromatic rings. The lowest BCUT2D eigenvalue weighted by Gasteiger charge is -2.35. The van der Waals surface area contributed by atoms with Gasteiger partial charge < -0.3 is 14.2 Å². The van der Waals surface area contributed by atoms with Gasteiger partial charge >= 0.3 is 0 Å². The van der Waals surface area contributed by atoms with Crippen molar-refractivity contribution < 1.29 is 9.53 Å². The van der Waals surface area contributed by atoms with E-state index in [0.29, 0.717) is 13.1 Å². The monoisotopic (exact) mass is 314 g/mol. The highest BCUT2D eigenvalue weighted by Gasteiger charge is 2.28. The number of aromatic nitrogens is 1. The third-order valence-electron chi connectivity index (χ3n) is 3.13. The number of hydrogen-bond donors (Lipinski definition) is 0. The molecule has 18 heavy (non-hydrogen) atoms. The van der Waals surface area contributed by atoms with E-state index in [0.717, 1.165) is 16.7 Å². The Kier molecular flexibility index (Phi) is 4.12. The SMILES string of the molecule is CCn1cc(Br)cc1C(=O)N1CC(C)OC(C)C1. The van der Waals surface area contributed by atoms with Crippen molar-refractivity contribution in [1.29, 1.82) is 0 Å². The van der Waals surface area contributed by atoms with Crippen molar-refractivity contribution in [2.45, 2.75) is 39.5 Å². The van der Waals surface area contributed by atoms with E-state index >= 15 is 0 Å². The lowest BCUT2D eigenvalue weighted by molar-refractivity contribution is -0.0588. The zero-order chi connectivity index (χ0) is 13.3. The molecule has 1 saturated heterocycles. The molecule has 0 bridgehead atoms. The van der Waals surface area contributed by atoms with Crippen LogP contribution in [0, 0.1) is 0 Å². The number of carbonyl (C=O) groups excluding carboxylic acids is 1. The predicted molar refractivity (Wildman–Crippen MR) is 73.7 cm³/mol. The Morgan fingerprint density at radius 3 is 2.61 bits per heavy atom. The van der Waals surface area contributed by atoms with Crippen LogP contribution >= 0.6 is 15.9 Å². The Hall–Kier alpha value is -0.810. The first-order valence-corrected chi connectivity index (χ1v) is 7.11. The highest BCUT2D eigenvalue weighted by Crippen LogP contribution is 2.19. The summed E-state index contributed by atoms with van der Waals surface area (Å²) in [5.74, 6) is 0.0875. The highest BCUT2D eigenvalue weighted by molar-refractivity contribution is 9.10. The molecular formula is C13H19BrN2O2. The fourth-order valence-corrected chi connectivity index (χ4v) is 2.89. The Morgan fingerprint density at radius 2 is 2.06 bits per heavy atom. The summed E-state index contributed by atoms with van der Waals surface area (Å²) < 4.78 is 8.57. The molecule has 2 heterocycles. The standard InChI is InChI=1S/C13H19BrN2O2/c1-4-15-8-11(14)5-12(15)13(17)16-6-9(2)18-10(3)7-16/h5,8-10H,4,6-7H2,1-3H3. The van der Waals surface area contributed by atoms with Crippen LogP contribution < -0.4 is 0 Å². The number of ether oxygens (including phenoxy) is 1. The highest BCUT2D eigenvalue weighted by atomic mass is 79.9. The van der Waals surface area contributed by atoms with Crippen LogP contribution in [-0.4, -0.2) is 40.7 Å². The summed E-state index contributed by atoms with van der Waals surface area (Å²) in [5.41, 5.74) is 0.741. The smallest absolute Gasteiger partial charge is 0.270 e. The zero-order valence-electron chi connectivity index (χ0n) is 11.0. The number of amides is 1. The van der Waals surface area contributed by atoms with Crippen LogP contribution in [0.3, 0.4) is 0 Å². The van der Waals surface area contributed by atoms with E-state index in [-0.39, 0.29) is 18.1 Å². The Labute approximate surface area is 116 Å². The Bertz CT molecular complexity index is 434. The average molecular weight is 315 g/mol. The number of halogens is 1. The number of hydrogen-bond acceptors (Lipinski definition) is 2. The third kappa shape index (κ3) is 2.78. The summed E-state index contributed by atoms with van der Waals surface area (Å²) in [4.78, 5) is 14.4. The number of morpholine rings is 1. The van der Waals surface area contributed by atoms with Crippen LogP contribution in [0.2, 0.25) is 0 Å². The van der Waals surface area contributed by atoms with Crippen molar-refractivity contribution in [1.82, 2.24) is 9.47 Å². The van der Waals surface area contributed by atoms with Crippen LogP contribution in [0.1, 0.15) is 31.3 Å². The molecule has 0 N–H and O–H groups in total. The molecule has 0 spiro atoms. The van der Waals surface area contributed by atoms with Gasteiger partial charge in [-0.2, -0.15) is 0 Å². The second-order valence-corrected chi connectivity index (χ2v) is 5.71. The average Bonchev–Trinajstić information content (AvgIpc) is 2.68. The van der Waals surface area contributed by atoms with Gasteiger partial charge in [0.2, 0.25) is 0 Å². The summed E-state index contributed by atoms with van der Waals surface area (Å²) in [7, 11) is 0. The lowest BCUT2D eigenvalue weighted by atomic mass is 10.2. The summed E-state index contributed by atoms with van der Waals surface area (Å²) in [5, 5.41) is 0. The van der Waals surface area contributed by atoms with E-state index < -0.39 is 0 Å². The fraction of sp³-hybridized carbons (Fsp3) is 0.615. The van der Waals surface area contributed by atoms with Gasteiger partial charge in [-0.05, 0) is 42.8 Å². The van der Waals surface area contributed by atoms with Crippen LogP contribution in [0.25, 0.3) is 0 Å².